The predicted molar refractivity (Wildman–Crippen MR) is 105 cm³/mol. The molecule has 0 aromatic heterocycles. The van der Waals surface area contributed by atoms with E-state index in [4.69, 9.17) is 9.47 Å². The van der Waals surface area contributed by atoms with E-state index in [1.54, 1.807) is 18.2 Å². The number of anilines is 2. The average Bonchev–Trinajstić information content (AvgIpc) is 3.14. The summed E-state index contributed by atoms with van der Waals surface area (Å²) in [6.07, 6.45) is -4.38. The highest BCUT2D eigenvalue weighted by atomic mass is 19.4. The summed E-state index contributed by atoms with van der Waals surface area (Å²) in [5, 5.41) is 2.69. The molecular weight excluding hydrogens is 417 g/mol. The van der Waals surface area contributed by atoms with E-state index >= 15 is 0 Å². The first-order valence-corrected chi connectivity index (χ1v) is 9.59. The minimum absolute atomic E-state index is 0.0381. The SMILES string of the molecule is O=C(Nc1ccc(OCC(F)(F)F)cc1)C1CC(=O)N(c2ccc3c(c2)OCCO3)C1. The molecule has 7 nitrogen and oxygen atoms in total. The van der Waals surface area contributed by atoms with Crippen molar-refractivity contribution in [1.82, 2.24) is 0 Å². The molecule has 10 heteroatoms. The van der Waals surface area contributed by atoms with Crippen molar-refractivity contribution < 1.29 is 37.0 Å². The van der Waals surface area contributed by atoms with Crippen LogP contribution in [0, 0.1) is 5.92 Å². The average molecular weight is 436 g/mol. The summed E-state index contributed by atoms with van der Waals surface area (Å²) in [5.41, 5.74) is 1.02. The number of rotatable bonds is 5. The summed E-state index contributed by atoms with van der Waals surface area (Å²) in [6.45, 7) is -0.294. The van der Waals surface area contributed by atoms with Crippen LogP contribution < -0.4 is 24.4 Å². The van der Waals surface area contributed by atoms with Gasteiger partial charge >= 0.3 is 6.18 Å². The monoisotopic (exact) mass is 436 g/mol. The van der Waals surface area contributed by atoms with Crippen LogP contribution >= 0.6 is 0 Å². The first-order chi connectivity index (χ1) is 14.8. The largest absolute Gasteiger partial charge is 0.486 e. The number of hydrogen-bond donors (Lipinski definition) is 1. The molecule has 2 aliphatic rings. The molecule has 0 bridgehead atoms. The highest BCUT2D eigenvalue weighted by molar-refractivity contribution is 6.03. The van der Waals surface area contributed by atoms with Gasteiger partial charge in [0.15, 0.2) is 18.1 Å². The lowest BCUT2D eigenvalue weighted by molar-refractivity contribution is -0.153. The Morgan fingerprint density at radius 2 is 1.81 bits per heavy atom. The number of fused-ring (bicyclic) bond motifs is 1. The molecule has 0 radical (unpaired) electrons. The molecule has 1 N–H and O–H groups in total. The van der Waals surface area contributed by atoms with E-state index in [9.17, 15) is 22.8 Å². The van der Waals surface area contributed by atoms with Crippen LogP contribution in [-0.4, -0.2) is 44.4 Å². The smallest absolute Gasteiger partial charge is 0.422 e. The van der Waals surface area contributed by atoms with E-state index in [1.165, 1.54) is 29.2 Å². The van der Waals surface area contributed by atoms with Gasteiger partial charge in [-0.3, -0.25) is 9.59 Å². The third-order valence-electron chi connectivity index (χ3n) is 4.86. The summed E-state index contributed by atoms with van der Waals surface area (Å²) in [7, 11) is 0. The van der Waals surface area contributed by atoms with E-state index in [-0.39, 0.29) is 30.5 Å². The van der Waals surface area contributed by atoms with E-state index in [0.717, 1.165) is 0 Å². The highest BCUT2D eigenvalue weighted by Gasteiger charge is 2.35. The highest BCUT2D eigenvalue weighted by Crippen LogP contribution is 2.36. The minimum Gasteiger partial charge on any atom is -0.486 e. The Labute approximate surface area is 175 Å². The molecule has 1 fully saturated rings. The number of halogens is 3. The van der Waals surface area contributed by atoms with Gasteiger partial charge < -0.3 is 24.4 Å². The lowest BCUT2D eigenvalue weighted by atomic mass is 10.1. The van der Waals surface area contributed by atoms with Crippen molar-refractivity contribution in [2.24, 2.45) is 5.92 Å². The Morgan fingerprint density at radius 3 is 2.52 bits per heavy atom. The molecule has 1 saturated heterocycles. The Morgan fingerprint density at radius 1 is 1.10 bits per heavy atom. The number of alkyl halides is 3. The third kappa shape index (κ3) is 5.01. The van der Waals surface area contributed by atoms with Crippen LogP contribution in [0.1, 0.15) is 6.42 Å². The summed E-state index contributed by atoms with van der Waals surface area (Å²) in [4.78, 5) is 26.6. The molecule has 2 aromatic rings. The first kappa shape index (κ1) is 20.8. The zero-order valence-electron chi connectivity index (χ0n) is 16.3. The van der Waals surface area contributed by atoms with Crippen LogP contribution in [-0.2, 0) is 9.59 Å². The Bertz CT molecular complexity index is 978. The van der Waals surface area contributed by atoms with Crippen LogP contribution in [0.3, 0.4) is 0 Å². The van der Waals surface area contributed by atoms with Gasteiger partial charge in [0.1, 0.15) is 19.0 Å². The maximum Gasteiger partial charge on any atom is 0.422 e. The van der Waals surface area contributed by atoms with Gasteiger partial charge in [-0.2, -0.15) is 13.2 Å². The summed E-state index contributed by atoms with van der Waals surface area (Å²) >= 11 is 0. The molecule has 1 atom stereocenters. The number of amides is 2. The van der Waals surface area contributed by atoms with Gasteiger partial charge in [0.25, 0.3) is 0 Å². The van der Waals surface area contributed by atoms with Crippen molar-refractivity contribution in [2.45, 2.75) is 12.6 Å². The van der Waals surface area contributed by atoms with Crippen molar-refractivity contribution >= 4 is 23.2 Å². The summed E-state index contributed by atoms with van der Waals surface area (Å²) < 4.78 is 52.3. The van der Waals surface area contributed by atoms with Crippen LogP contribution in [0.5, 0.6) is 17.2 Å². The molecule has 1 unspecified atom stereocenters. The number of carbonyl (C=O) groups excluding carboxylic acids is 2. The fraction of sp³-hybridized carbons (Fsp3) is 0.333. The van der Waals surface area contributed by atoms with Crippen molar-refractivity contribution in [3.63, 3.8) is 0 Å². The Kier molecular flexibility index (Phi) is 5.62. The normalized spacial score (nSPS) is 18.1. The molecule has 4 rings (SSSR count). The molecule has 0 spiro atoms. The second-order valence-corrected chi connectivity index (χ2v) is 7.15. The molecule has 2 aliphatic heterocycles. The van der Waals surface area contributed by atoms with Gasteiger partial charge in [-0.15, -0.1) is 0 Å². The molecule has 2 heterocycles. The van der Waals surface area contributed by atoms with Gasteiger partial charge in [0.2, 0.25) is 11.8 Å². The van der Waals surface area contributed by atoms with E-state index in [0.29, 0.717) is 36.1 Å². The van der Waals surface area contributed by atoms with Crippen molar-refractivity contribution in [2.75, 3.05) is 36.6 Å². The van der Waals surface area contributed by atoms with Crippen LogP contribution in [0.25, 0.3) is 0 Å². The molecule has 2 aromatic carbocycles. The fourth-order valence-electron chi connectivity index (χ4n) is 3.38. The molecule has 164 valence electrons. The number of hydrogen-bond acceptors (Lipinski definition) is 5. The van der Waals surface area contributed by atoms with Gasteiger partial charge in [0.05, 0.1) is 5.92 Å². The quantitative estimate of drug-likeness (QED) is 0.778. The summed E-state index contributed by atoms with van der Waals surface area (Å²) in [6, 6.07) is 10.7. The second kappa shape index (κ2) is 8.37. The number of carbonyl (C=O) groups is 2. The van der Waals surface area contributed by atoms with Crippen LogP contribution in [0.4, 0.5) is 24.5 Å². The first-order valence-electron chi connectivity index (χ1n) is 9.59. The van der Waals surface area contributed by atoms with E-state index < -0.39 is 18.7 Å². The van der Waals surface area contributed by atoms with E-state index in [2.05, 4.69) is 10.1 Å². The number of nitrogens with zero attached hydrogens (tertiary/aromatic N) is 1. The zero-order chi connectivity index (χ0) is 22.0. The fourth-order valence-corrected chi connectivity index (χ4v) is 3.38. The molecule has 31 heavy (non-hydrogen) atoms. The van der Waals surface area contributed by atoms with Crippen molar-refractivity contribution in [3.8, 4) is 17.2 Å². The van der Waals surface area contributed by atoms with Crippen molar-refractivity contribution in [3.05, 3.63) is 42.5 Å². The van der Waals surface area contributed by atoms with Crippen LogP contribution in [0.2, 0.25) is 0 Å². The summed E-state index contributed by atoms with van der Waals surface area (Å²) in [5.74, 6) is 0.0963. The van der Waals surface area contributed by atoms with Gasteiger partial charge in [-0.05, 0) is 36.4 Å². The second-order valence-electron chi connectivity index (χ2n) is 7.15. The van der Waals surface area contributed by atoms with Crippen LogP contribution in [0.15, 0.2) is 42.5 Å². The maximum atomic E-state index is 12.6. The lowest BCUT2D eigenvalue weighted by Crippen LogP contribution is -2.28. The number of ether oxygens (including phenoxy) is 3. The van der Waals surface area contributed by atoms with Gasteiger partial charge in [0, 0.05) is 30.4 Å². The van der Waals surface area contributed by atoms with E-state index in [1.807, 2.05) is 0 Å². The van der Waals surface area contributed by atoms with Gasteiger partial charge in [-0.1, -0.05) is 0 Å². The molecule has 0 saturated carbocycles. The number of benzene rings is 2. The maximum absolute atomic E-state index is 12.6. The Hall–Kier alpha value is -3.43. The lowest BCUT2D eigenvalue weighted by Gasteiger charge is -2.22. The predicted octanol–water partition coefficient (Wildman–Crippen LogP) is 3.39. The van der Waals surface area contributed by atoms with Gasteiger partial charge in [-0.25, -0.2) is 0 Å². The zero-order valence-corrected chi connectivity index (χ0v) is 16.3. The molecule has 2 amide bonds. The number of nitrogens with one attached hydrogen (secondary N) is 1. The molecular formula is C21H19F3N2O5. The Balaban J connectivity index is 1.36. The third-order valence-corrected chi connectivity index (χ3v) is 4.86. The minimum atomic E-state index is -4.43. The standard InChI is InChI=1S/C21H19F3N2O5/c22-21(23,24)12-31-16-4-1-14(2-5-16)25-20(28)13-9-19(27)26(11-13)15-3-6-17-18(10-15)30-8-7-29-17/h1-6,10,13H,7-9,11-12H2,(H,25,28). The molecule has 0 aliphatic carbocycles. The van der Waals surface area contributed by atoms with Crippen molar-refractivity contribution in [1.29, 1.82) is 0 Å². The topological polar surface area (TPSA) is 77.1 Å².